The minimum absolute atomic E-state index is 1.16. The molecule has 0 aliphatic rings. The molecular formula is C46H29NS. The van der Waals surface area contributed by atoms with Crippen molar-refractivity contribution in [2.45, 2.75) is 0 Å². The maximum atomic E-state index is 2.44. The second-order valence-corrected chi connectivity index (χ2v) is 13.7. The summed E-state index contributed by atoms with van der Waals surface area (Å²) in [4.78, 5) is 0. The SMILES string of the molecule is c1ccc(-c2cc(-c3ccccc3)cc(-c3ccc(-n4c5ccccc5c5cc6sc7cc8ccccc8cc7c6cc54)cc3)c2)cc1. The number of para-hydroxylation sites is 1. The van der Waals surface area contributed by atoms with Gasteiger partial charge in [-0.2, -0.15) is 0 Å². The van der Waals surface area contributed by atoms with Crippen molar-refractivity contribution in [1.29, 1.82) is 0 Å². The average molecular weight is 628 g/mol. The second-order valence-electron chi connectivity index (χ2n) is 12.6. The van der Waals surface area contributed by atoms with E-state index in [-0.39, 0.29) is 0 Å². The van der Waals surface area contributed by atoms with Gasteiger partial charge in [0.15, 0.2) is 0 Å². The largest absolute Gasteiger partial charge is 0.309 e. The molecule has 0 aliphatic carbocycles. The Balaban J connectivity index is 1.14. The summed E-state index contributed by atoms with van der Waals surface area (Å²) in [5, 5.41) is 7.80. The Morgan fingerprint density at radius 1 is 0.312 bits per heavy atom. The van der Waals surface area contributed by atoms with Crippen LogP contribution < -0.4 is 0 Å². The molecule has 0 fully saturated rings. The zero-order valence-corrected chi connectivity index (χ0v) is 26.9. The van der Waals surface area contributed by atoms with Crippen LogP contribution >= 0.6 is 11.3 Å². The van der Waals surface area contributed by atoms with Gasteiger partial charge < -0.3 is 4.57 Å². The number of fused-ring (bicyclic) bond motifs is 7. The van der Waals surface area contributed by atoms with Crippen LogP contribution in [0.5, 0.6) is 0 Å². The topological polar surface area (TPSA) is 4.93 Å². The molecule has 2 heteroatoms. The Hall–Kier alpha value is -5.96. The standard InChI is InChI=1S/C46H29NS/c1-3-11-30(12-4-1)35-23-36(31-13-5-2-6-14-31)25-37(24-35)32-19-21-38(22-20-32)47-43-18-10-9-17-39(43)40-29-46-42(28-44(40)47)41-26-33-15-7-8-16-34(33)27-45(41)48-46/h1-29H. The summed E-state index contributed by atoms with van der Waals surface area (Å²) in [6.07, 6.45) is 0. The first-order valence-corrected chi connectivity index (χ1v) is 17.2. The van der Waals surface area contributed by atoms with Crippen molar-refractivity contribution in [2.24, 2.45) is 0 Å². The molecule has 2 heterocycles. The fraction of sp³-hybridized carbons (Fsp3) is 0. The predicted molar refractivity (Wildman–Crippen MR) is 207 cm³/mol. The molecule has 1 nitrogen and oxygen atoms in total. The zero-order chi connectivity index (χ0) is 31.6. The van der Waals surface area contributed by atoms with Gasteiger partial charge in [0.1, 0.15) is 0 Å². The number of hydrogen-bond donors (Lipinski definition) is 0. The van der Waals surface area contributed by atoms with Crippen molar-refractivity contribution in [3.8, 4) is 39.1 Å². The first-order chi connectivity index (χ1) is 23.8. The summed E-state index contributed by atoms with van der Waals surface area (Å²) in [5.41, 5.74) is 10.9. The predicted octanol–water partition coefficient (Wildman–Crippen LogP) is 13.3. The van der Waals surface area contributed by atoms with Gasteiger partial charge in [-0.05, 0) is 105 Å². The number of nitrogens with zero attached hydrogens (tertiary/aromatic N) is 1. The normalized spacial score (nSPS) is 11.8. The summed E-state index contributed by atoms with van der Waals surface area (Å²) in [5.74, 6) is 0. The second kappa shape index (κ2) is 10.8. The smallest absolute Gasteiger partial charge is 0.0548 e. The Bertz CT molecular complexity index is 2750. The third-order valence-corrected chi connectivity index (χ3v) is 10.9. The molecule has 0 spiro atoms. The van der Waals surface area contributed by atoms with Crippen molar-refractivity contribution in [2.75, 3.05) is 0 Å². The van der Waals surface area contributed by atoms with E-state index in [1.807, 2.05) is 11.3 Å². The highest BCUT2D eigenvalue weighted by atomic mass is 32.1. The van der Waals surface area contributed by atoms with Crippen LogP contribution in [0.25, 0.3) is 91.8 Å². The molecular weight excluding hydrogens is 599 g/mol. The lowest BCUT2D eigenvalue weighted by atomic mass is 9.93. The van der Waals surface area contributed by atoms with Crippen LogP contribution in [-0.4, -0.2) is 4.57 Å². The quantitative estimate of drug-likeness (QED) is 0.183. The molecule has 0 aliphatic heterocycles. The maximum Gasteiger partial charge on any atom is 0.0548 e. The van der Waals surface area contributed by atoms with Gasteiger partial charge in [-0.1, -0.05) is 115 Å². The van der Waals surface area contributed by atoms with E-state index in [9.17, 15) is 0 Å². The van der Waals surface area contributed by atoms with E-state index >= 15 is 0 Å². The van der Waals surface area contributed by atoms with E-state index in [1.54, 1.807) is 0 Å². The third kappa shape index (κ3) is 4.38. The molecule has 10 aromatic rings. The van der Waals surface area contributed by atoms with Crippen molar-refractivity contribution in [1.82, 2.24) is 4.57 Å². The number of hydrogen-bond acceptors (Lipinski definition) is 1. The highest BCUT2D eigenvalue weighted by Crippen LogP contribution is 2.42. The number of benzene rings is 8. The Morgan fingerprint density at radius 3 is 1.50 bits per heavy atom. The van der Waals surface area contributed by atoms with Crippen LogP contribution in [0, 0.1) is 0 Å². The molecule has 8 aromatic carbocycles. The lowest BCUT2D eigenvalue weighted by Crippen LogP contribution is -1.94. The number of aromatic nitrogens is 1. The summed E-state index contributed by atoms with van der Waals surface area (Å²) >= 11 is 1.89. The van der Waals surface area contributed by atoms with Gasteiger partial charge in [-0.15, -0.1) is 11.3 Å². The van der Waals surface area contributed by atoms with Crippen LogP contribution in [0.15, 0.2) is 176 Å². The third-order valence-electron chi connectivity index (χ3n) is 9.74. The van der Waals surface area contributed by atoms with Crippen LogP contribution in [0.3, 0.4) is 0 Å². The first kappa shape index (κ1) is 27.2. The van der Waals surface area contributed by atoms with Gasteiger partial charge in [0.2, 0.25) is 0 Å². The van der Waals surface area contributed by atoms with E-state index in [2.05, 4.69) is 180 Å². The Morgan fingerprint density at radius 2 is 0.833 bits per heavy atom. The zero-order valence-electron chi connectivity index (χ0n) is 26.1. The molecule has 0 amide bonds. The monoisotopic (exact) mass is 627 g/mol. The van der Waals surface area contributed by atoms with E-state index < -0.39 is 0 Å². The van der Waals surface area contributed by atoms with E-state index in [0.29, 0.717) is 0 Å². The molecule has 0 bridgehead atoms. The first-order valence-electron chi connectivity index (χ1n) is 16.4. The van der Waals surface area contributed by atoms with Crippen LogP contribution in [0.4, 0.5) is 0 Å². The van der Waals surface area contributed by atoms with Gasteiger partial charge >= 0.3 is 0 Å². The summed E-state index contributed by atoms with van der Waals surface area (Å²) in [6.45, 7) is 0. The molecule has 224 valence electrons. The lowest BCUT2D eigenvalue weighted by Gasteiger charge is -2.13. The van der Waals surface area contributed by atoms with Crippen LogP contribution in [0.2, 0.25) is 0 Å². The molecule has 0 N–H and O–H groups in total. The maximum absolute atomic E-state index is 2.44. The molecule has 0 radical (unpaired) electrons. The van der Waals surface area contributed by atoms with Gasteiger partial charge in [0.05, 0.1) is 11.0 Å². The van der Waals surface area contributed by atoms with Crippen molar-refractivity contribution in [3.05, 3.63) is 176 Å². The van der Waals surface area contributed by atoms with Gasteiger partial charge in [0, 0.05) is 36.6 Å². The highest BCUT2D eigenvalue weighted by molar-refractivity contribution is 7.26. The Labute approximate surface area is 282 Å². The molecule has 0 saturated heterocycles. The van der Waals surface area contributed by atoms with Crippen molar-refractivity contribution in [3.63, 3.8) is 0 Å². The molecule has 0 atom stereocenters. The molecule has 0 saturated carbocycles. The lowest BCUT2D eigenvalue weighted by molar-refractivity contribution is 1.18. The number of thiophene rings is 1. The van der Waals surface area contributed by atoms with Crippen LogP contribution in [0.1, 0.15) is 0 Å². The van der Waals surface area contributed by atoms with Gasteiger partial charge in [-0.3, -0.25) is 0 Å². The molecule has 48 heavy (non-hydrogen) atoms. The van der Waals surface area contributed by atoms with Gasteiger partial charge in [0.25, 0.3) is 0 Å². The summed E-state index contributed by atoms with van der Waals surface area (Å²) < 4.78 is 5.11. The summed E-state index contributed by atoms with van der Waals surface area (Å²) in [7, 11) is 0. The van der Waals surface area contributed by atoms with Crippen LogP contribution in [-0.2, 0) is 0 Å². The van der Waals surface area contributed by atoms with Crippen molar-refractivity contribution >= 4 is 64.1 Å². The Kier molecular flexibility index (Phi) is 6.12. The van der Waals surface area contributed by atoms with Gasteiger partial charge in [-0.25, -0.2) is 0 Å². The number of rotatable bonds is 4. The fourth-order valence-corrected chi connectivity index (χ4v) is 8.55. The van der Waals surface area contributed by atoms with Crippen molar-refractivity contribution < 1.29 is 0 Å². The highest BCUT2D eigenvalue weighted by Gasteiger charge is 2.16. The molecule has 0 unspecified atom stereocenters. The molecule has 2 aromatic heterocycles. The van der Waals surface area contributed by atoms with E-state index in [4.69, 9.17) is 0 Å². The fourth-order valence-electron chi connectivity index (χ4n) is 7.39. The molecule has 10 rings (SSSR count). The minimum atomic E-state index is 1.16. The summed E-state index contributed by atoms with van der Waals surface area (Å²) in [6, 6.07) is 64.4. The average Bonchev–Trinajstić information content (AvgIpc) is 3.67. The van der Waals surface area contributed by atoms with E-state index in [1.165, 1.54) is 86.1 Å². The van der Waals surface area contributed by atoms with E-state index in [0.717, 1.165) is 5.69 Å². The minimum Gasteiger partial charge on any atom is -0.309 e.